The number of hydrogen-bond donors (Lipinski definition) is 1. The van der Waals surface area contributed by atoms with Crippen LogP contribution in [0.25, 0.3) is 5.70 Å². The van der Waals surface area contributed by atoms with E-state index in [0.717, 1.165) is 34.0 Å². The van der Waals surface area contributed by atoms with Crippen molar-refractivity contribution in [1.29, 1.82) is 0 Å². The van der Waals surface area contributed by atoms with Gasteiger partial charge in [0.05, 0.1) is 30.3 Å². The van der Waals surface area contributed by atoms with Gasteiger partial charge in [0.25, 0.3) is 0 Å². The van der Waals surface area contributed by atoms with Gasteiger partial charge in [-0.25, -0.2) is 9.79 Å². The van der Waals surface area contributed by atoms with E-state index in [0.29, 0.717) is 11.3 Å². The van der Waals surface area contributed by atoms with Crippen molar-refractivity contribution in [2.45, 2.75) is 52.6 Å². The normalized spacial score (nSPS) is 17.9. The van der Waals surface area contributed by atoms with Gasteiger partial charge in [0.15, 0.2) is 5.17 Å². The summed E-state index contributed by atoms with van der Waals surface area (Å²) in [4.78, 5) is 33.2. The predicted octanol–water partition coefficient (Wildman–Crippen LogP) is 5.58. The molecule has 0 saturated heterocycles. The summed E-state index contributed by atoms with van der Waals surface area (Å²) in [5.74, 6) is -0.453. The summed E-state index contributed by atoms with van der Waals surface area (Å²) in [7, 11) is 0. The van der Waals surface area contributed by atoms with Crippen LogP contribution in [0.5, 0.6) is 0 Å². The molecule has 2 aliphatic heterocycles. The van der Waals surface area contributed by atoms with Crippen molar-refractivity contribution >= 4 is 34.5 Å². The third kappa shape index (κ3) is 5.35. The number of fused-ring (bicyclic) bond motifs is 1. The summed E-state index contributed by atoms with van der Waals surface area (Å²) >= 11 is 1.48. The maximum absolute atomic E-state index is 13.5. The van der Waals surface area contributed by atoms with Gasteiger partial charge in [-0.05, 0) is 38.2 Å². The molecule has 0 spiro atoms. The molecule has 0 bridgehead atoms. The second-order valence-corrected chi connectivity index (χ2v) is 9.54. The molecule has 0 radical (unpaired) electrons. The zero-order chi connectivity index (χ0) is 24.9. The van der Waals surface area contributed by atoms with Crippen molar-refractivity contribution in [2.24, 2.45) is 4.99 Å². The van der Waals surface area contributed by atoms with Gasteiger partial charge < -0.3 is 15.0 Å². The fraction of sp³-hybridized carbons (Fsp3) is 0.321. The average molecular weight is 490 g/mol. The van der Waals surface area contributed by atoms with Crippen LogP contribution in [0.3, 0.4) is 0 Å². The van der Waals surface area contributed by atoms with E-state index >= 15 is 0 Å². The molecule has 35 heavy (non-hydrogen) atoms. The highest BCUT2D eigenvalue weighted by Crippen LogP contribution is 2.47. The number of amides is 1. The monoisotopic (exact) mass is 489 g/mol. The van der Waals surface area contributed by atoms with Crippen molar-refractivity contribution in [2.75, 3.05) is 6.61 Å². The van der Waals surface area contributed by atoms with Crippen molar-refractivity contribution < 1.29 is 14.3 Å². The summed E-state index contributed by atoms with van der Waals surface area (Å²) in [5.41, 5.74) is 4.81. The van der Waals surface area contributed by atoms with E-state index in [2.05, 4.69) is 5.32 Å². The van der Waals surface area contributed by atoms with Crippen molar-refractivity contribution in [3.63, 3.8) is 0 Å². The number of aryl methyl sites for hydroxylation is 1. The van der Waals surface area contributed by atoms with Gasteiger partial charge in [0.1, 0.15) is 0 Å². The Hall–Kier alpha value is -3.32. The zero-order valence-electron chi connectivity index (χ0n) is 20.6. The Bertz CT molecular complexity index is 1190. The largest absolute Gasteiger partial charge is 0.463 e. The molecule has 6 nitrogen and oxygen atoms in total. The minimum atomic E-state index is -0.463. The Morgan fingerprint density at radius 3 is 2.49 bits per heavy atom. The molecule has 1 amide bonds. The fourth-order valence-electron chi connectivity index (χ4n) is 4.15. The molecular weight excluding hydrogens is 458 g/mol. The molecule has 0 aromatic heterocycles. The molecule has 0 unspecified atom stereocenters. The van der Waals surface area contributed by atoms with E-state index in [-0.39, 0.29) is 25.0 Å². The van der Waals surface area contributed by atoms with Crippen LogP contribution in [0, 0.1) is 6.92 Å². The number of ether oxygens (including phenoxy) is 1. The lowest BCUT2D eigenvalue weighted by molar-refractivity contribution is -0.139. The standard InChI is InChI=1S/C28H31N3O3S/c1-5-19(4)29-23(32)16-22-17-35-28-30-25(20-10-8-7-9-11-20)24(27(33)34-6-2)26(31(22)28)21-14-12-18(3)13-15-21/h7-15,17,19,26H,5-6,16H2,1-4H3,(H,29,32)/t19-,26-/m1/s1. The molecule has 2 atom stereocenters. The maximum atomic E-state index is 13.5. The van der Waals surface area contributed by atoms with Crippen LogP contribution in [0.1, 0.15) is 56.3 Å². The van der Waals surface area contributed by atoms with Crippen LogP contribution in [0.4, 0.5) is 0 Å². The van der Waals surface area contributed by atoms with Gasteiger partial charge in [-0.2, -0.15) is 0 Å². The van der Waals surface area contributed by atoms with Gasteiger partial charge in [0.2, 0.25) is 5.91 Å². The van der Waals surface area contributed by atoms with Gasteiger partial charge >= 0.3 is 5.97 Å². The highest BCUT2D eigenvalue weighted by Gasteiger charge is 2.42. The smallest absolute Gasteiger partial charge is 0.338 e. The number of carbonyl (C=O) groups excluding carboxylic acids is 2. The summed E-state index contributed by atoms with van der Waals surface area (Å²) in [6.45, 7) is 8.13. The Morgan fingerprint density at radius 2 is 1.83 bits per heavy atom. The molecule has 0 aliphatic carbocycles. The number of carbonyl (C=O) groups is 2. The van der Waals surface area contributed by atoms with E-state index in [4.69, 9.17) is 9.73 Å². The van der Waals surface area contributed by atoms with E-state index in [9.17, 15) is 9.59 Å². The lowest BCUT2D eigenvalue weighted by Gasteiger charge is -2.37. The number of amidine groups is 1. The number of nitrogens with one attached hydrogen (secondary N) is 1. The Balaban J connectivity index is 1.83. The number of thioether (sulfide) groups is 1. The predicted molar refractivity (Wildman–Crippen MR) is 141 cm³/mol. The zero-order valence-corrected chi connectivity index (χ0v) is 21.4. The number of benzene rings is 2. The van der Waals surface area contributed by atoms with Crippen molar-refractivity contribution in [3.05, 3.63) is 88.0 Å². The van der Waals surface area contributed by atoms with Crippen LogP contribution < -0.4 is 5.32 Å². The highest BCUT2D eigenvalue weighted by molar-refractivity contribution is 8.16. The minimum absolute atomic E-state index is 0.0503. The second kappa shape index (κ2) is 11.0. The molecule has 0 saturated carbocycles. The first-order chi connectivity index (χ1) is 16.9. The number of esters is 1. The fourth-order valence-corrected chi connectivity index (χ4v) is 5.06. The number of aliphatic imine (C=N–C) groups is 1. The lowest BCUT2D eigenvalue weighted by Crippen LogP contribution is -2.39. The first kappa shape index (κ1) is 24.8. The van der Waals surface area contributed by atoms with Gasteiger partial charge in [-0.3, -0.25) is 4.79 Å². The molecule has 2 aromatic rings. The van der Waals surface area contributed by atoms with Crippen molar-refractivity contribution in [3.8, 4) is 0 Å². The number of hydrogen-bond acceptors (Lipinski definition) is 6. The van der Waals surface area contributed by atoms with E-state index in [1.54, 1.807) is 6.92 Å². The topological polar surface area (TPSA) is 71.0 Å². The Labute approximate surface area is 211 Å². The van der Waals surface area contributed by atoms with Crippen LogP contribution in [-0.2, 0) is 14.3 Å². The van der Waals surface area contributed by atoms with E-state index in [1.807, 2.05) is 85.7 Å². The quantitative estimate of drug-likeness (QED) is 0.491. The molecule has 1 N–H and O–H groups in total. The molecule has 0 fully saturated rings. The van der Waals surface area contributed by atoms with E-state index < -0.39 is 12.0 Å². The molecule has 4 rings (SSSR count). The second-order valence-electron chi connectivity index (χ2n) is 8.71. The molecule has 2 heterocycles. The van der Waals surface area contributed by atoms with Crippen LogP contribution in [0.2, 0.25) is 0 Å². The first-order valence-electron chi connectivity index (χ1n) is 12.0. The molecule has 2 aliphatic rings. The average Bonchev–Trinajstić information content (AvgIpc) is 3.26. The Morgan fingerprint density at radius 1 is 1.11 bits per heavy atom. The summed E-state index contributed by atoms with van der Waals surface area (Å²) < 4.78 is 5.54. The molecule has 7 heteroatoms. The third-order valence-corrected chi connectivity index (χ3v) is 7.00. The highest BCUT2D eigenvalue weighted by atomic mass is 32.2. The van der Waals surface area contributed by atoms with Gasteiger partial charge in [-0.15, -0.1) is 0 Å². The van der Waals surface area contributed by atoms with Gasteiger partial charge in [-0.1, -0.05) is 78.8 Å². The summed E-state index contributed by atoms with van der Waals surface area (Å²) in [6, 6.07) is 17.5. The van der Waals surface area contributed by atoms with Gasteiger partial charge in [0, 0.05) is 17.3 Å². The first-order valence-corrected chi connectivity index (χ1v) is 12.9. The minimum Gasteiger partial charge on any atom is -0.463 e. The summed E-state index contributed by atoms with van der Waals surface area (Å²) in [6.07, 6.45) is 1.06. The molecule has 2 aromatic carbocycles. The van der Waals surface area contributed by atoms with Crippen LogP contribution in [0.15, 0.2) is 76.3 Å². The molecular formula is C28H31N3O3S. The molecule has 182 valence electrons. The lowest BCUT2D eigenvalue weighted by atomic mass is 9.91. The Kier molecular flexibility index (Phi) is 7.76. The third-order valence-electron chi connectivity index (χ3n) is 6.11. The summed E-state index contributed by atoms with van der Waals surface area (Å²) in [5, 5.41) is 5.75. The van der Waals surface area contributed by atoms with Crippen molar-refractivity contribution in [1.82, 2.24) is 10.2 Å². The van der Waals surface area contributed by atoms with E-state index in [1.165, 1.54) is 11.8 Å². The van der Waals surface area contributed by atoms with Crippen LogP contribution in [-0.4, -0.2) is 34.6 Å². The number of rotatable bonds is 8. The number of nitrogens with zero attached hydrogens (tertiary/aromatic N) is 2. The maximum Gasteiger partial charge on any atom is 0.338 e. The van der Waals surface area contributed by atoms with Crippen LogP contribution >= 0.6 is 11.8 Å². The SMILES string of the molecule is CCOC(=O)C1=C(c2ccccc2)N=C2SC=C(CC(=O)N[C@H](C)CC)N2[C@@H]1c1ccc(C)cc1.